The predicted octanol–water partition coefficient (Wildman–Crippen LogP) is 8.74. The number of nitrogen functional groups attached to an aromatic ring is 1. The molecule has 1 saturated heterocycles. The zero-order valence-corrected chi connectivity index (χ0v) is 24.4. The maximum absolute atomic E-state index is 7.03. The van der Waals surface area contributed by atoms with Crippen LogP contribution in [0.3, 0.4) is 0 Å². The normalized spacial score (nSPS) is 29.7. The molecule has 0 spiro atoms. The molecule has 2 saturated carbocycles. The number of hydrogen-bond acceptors (Lipinski definition) is 3. The first-order chi connectivity index (χ1) is 20.2. The SMILES string of the molecule is C/C=C\c1ccc2cccc(-n3c4c(c5c3C3CC6CCCCC6N3C3=CC6CCCCC6N35)C=CCC4)c2c1N. The quantitative estimate of drug-likeness (QED) is 0.329. The lowest BCUT2D eigenvalue weighted by Gasteiger charge is -2.47. The number of hydrogen-bond donors (Lipinski definition) is 1. The molecule has 5 unspecified atom stereocenters. The van der Waals surface area contributed by atoms with Gasteiger partial charge in [-0.05, 0) is 80.9 Å². The summed E-state index contributed by atoms with van der Waals surface area (Å²) in [6.07, 6.45) is 26.3. The van der Waals surface area contributed by atoms with Crippen LogP contribution in [0, 0.1) is 11.8 Å². The zero-order chi connectivity index (χ0) is 27.2. The fourth-order valence-electron chi connectivity index (χ4n) is 9.86. The summed E-state index contributed by atoms with van der Waals surface area (Å²) in [4.78, 5) is 5.83. The molecular formula is C37H42N4. The fourth-order valence-corrected chi connectivity index (χ4v) is 9.86. The van der Waals surface area contributed by atoms with Crippen LogP contribution >= 0.6 is 0 Å². The Bertz CT molecular complexity index is 1650. The third kappa shape index (κ3) is 3.28. The second-order valence-corrected chi connectivity index (χ2v) is 13.5. The van der Waals surface area contributed by atoms with E-state index >= 15 is 0 Å². The molecule has 1 aromatic heterocycles. The number of rotatable bonds is 2. The number of benzene rings is 2. The van der Waals surface area contributed by atoms with Crippen molar-refractivity contribution in [2.24, 2.45) is 11.8 Å². The van der Waals surface area contributed by atoms with Gasteiger partial charge in [0.25, 0.3) is 0 Å². The molecule has 41 heavy (non-hydrogen) atoms. The third-order valence-electron chi connectivity index (χ3n) is 11.5. The minimum atomic E-state index is 0.440. The number of nitrogens with zero attached hydrogens (tertiary/aromatic N) is 3. The van der Waals surface area contributed by atoms with E-state index in [1.165, 1.54) is 91.2 Å². The molecule has 4 nitrogen and oxygen atoms in total. The van der Waals surface area contributed by atoms with Crippen molar-refractivity contribution in [2.75, 3.05) is 10.6 Å². The molecular weight excluding hydrogens is 500 g/mol. The van der Waals surface area contributed by atoms with Crippen LogP contribution in [0.15, 0.2) is 54.4 Å². The van der Waals surface area contributed by atoms with E-state index in [9.17, 15) is 0 Å². The topological polar surface area (TPSA) is 37.4 Å². The molecule has 4 heteroatoms. The van der Waals surface area contributed by atoms with Gasteiger partial charge in [-0.1, -0.05) is 74.3 Å². The van der Waals surface area contributed by atoms with Gasteiger partial charge in [0.2, 0.25) is 0 Å². The molecule has 4 heterocycles. The molecule has 2 aromatic carbocycles. The van der Waals surface area contributed by atoms with Crippen LogP contribution in [-0.4, -0.2) is 21.6 Å². The molecule has 2 N–H and O–H groups in total. The molecule has 3 aliphatic carbocycles. The van der Waals surface area contributed by atoms with Crippen LogP contribution < -0.4 is 10.6 Å². The van der Waals surface area contributed by atoms with Crippen LogP contribution in [0.25, 0.3) is 28.6 Å². The summed E-state index contributed by atoms with van der Waals surface area (Å²) >= 11 is 0. The summed E-state index contributed by atoms with van der Waals surface area (Å²) in [5.41, 5.74) is 16.4. The first-order valence-electron chi connectivity index (χ1n) is 16.4. The van der Waals surface area contributed by atoms with Crippen molar-refractivity contribution >= 4 is 34.3 Å². The smallest absolute Gasteiger partial charge is 0.106 e. The van der Waals surface area contributed by atoms with Gasteiger partial charge in [0, 0.05) is 40.3 Å². The second kappa shape index (κ2) is 9.05. The van der Waals surface area contributed by atoms with Crippen LogP contribution in [0.2, 0.25) is 0 Å². The number of nitrogens with two attached hydrogens (primary N) is 1. The van der Waals surface area contributed by atoms with Gasteiger partial charge in [0.05, 0.1) is 23.1 Å². The molecule has 3 fully saturated rings. The minimum absolute atomic E-state index is 0.440. The van der Waals surface area contributed by atoms with E-state index in [-0.39, 0.29) is 0 Å². The fraction of sp³-hybridized carbons (Fsp3) is 0.459. The minimum Gasteiger partial charge on any atom is -0.398 e. The Morgan fingerprint density at radius 1 is 0.951 bits per heavy atom. The van der Waals surface area contributed by atoms with E-state index in [2.05, 4.69) is 82.0 Å². The standard InChI is InChI=1S/C37H42N4/c1-2-10-24-20-19-23-13-9-18-31(34(23)35(24)38)40-30-17-8-5-14-27(30)36-37(40)32-21-25-11-3-6-15-28(25)39(32)33-22-26-12-4-7-16-29(26)41(33)36/h2,5,9-10,13-14,18-20,22,25-26,28-29,32H,3-4,6-8,11-12,15-17,21,38H2,1H3/b10-2-. The number of allylic oxidation sites excluding steroid dienone is 2. The van der Waals surface area contributed by atoms with Gasteiger partial charge in [0.15, 0.2) is 0 Å². The highest BCUT2D eigenvalue weighted by Gasteiger charge is 2.54. The van der Waals surface area contributed by atoms with Crippen molar-refractivity contribution < 1.29 is 0 Å². The molecule has 3 aromatic rings. The largest absolute Gasteiger partial charge is 0.398 e. The van der Waals surface area contributed by atoms with E-state index in [1.807, 2.05) is 0 Å². The molecule has 0 radical (unpaired) electrons. The lowest BCUT2D eigenvalue weighted by atomic mass is 9.84. The second-order valence-electron chi connectivity index (χ2n) is 13.5. The Hall–Kier alpha value is -3.40. The van der Waals surface area contributed by atoms with Gasteiger partial charge in [-0.2, -0.15) is 0 Å². The average molecular weight is 543 g/mol. The molecule has 5 atom stereocenters. The summed E-state index contributed by atoms with van der Waals surface area (Å²) in [7, 11) is 0. The van der Waals surface area contributed by atoms with E-state index in [0.717, 1.165) is 30.0 Å². The van der Waals surface area contributed by atoms with Gasteiger partial charge >= 0.3 is 0 Å². The number of anilines is 2. The van der Waals surface area contributed by atoms with Crippen molar-refractivity contribution in [1.29, 1.82) is 0 Å². The van der Waals surface area contributed by atoms with Gasteiger partial charge in [-0.25, -0.2) is 0 Å². The molecule has 0 amide bonds. The highest BCUT2D eigenvalue weighted by atomic mass is 15.4. The van der Waals surface area contributed by atoms with Crippen molar-refractivity contribution in [2.45, 2.75) is 95.7 Å². The van der Waals surface area contributed by atoms with Gasteiger partial charge in [-0.15, -0.1) is 0 Å². The first kappa shape index (κ1) is 24.2. The number of aromatic nitrogens is 1. The van der Waals surface area contributed by atoms with E-state index < -0.39 is 0 Å². The Morgan fingerprint density at radius 3 is 2.71 bits per heavy atom. The molecule has 9 rings (SSSR count). The lowest BCUT2D eigenvalue weighted by molar-refractivity contribution is 0.182. The van der Waals surface area contributed by atoms with Crippen LogP contribution in [0.4, 0.5) is 11.4 Å². The van der Waals surface area contributed by atoms with Crippen LogP contribution in [0.5, 0.6) is 0 Å². The Labute approximate surface area is 244 Å². The maximum atomic E-state index is 7.03. The monoisotopic (exact) mass is 542 g/mol. The predicted molar refractivity (Wildman–Crippen MR) is 171 cm³/mol. The lowest BCUT2D eigenvalue weighted by Crippen LogP contribution is -2.47. The van der Waals surface area contributed by atoms with Gasteiger partial charge in [-0.3, -0.25) is 0 Å². The van der Waals surface area contributed by atoms with E-state index in [0.29, 0.717) is 24.0 Å². The summed E-state index contributed by atoms with van der Waals surface area (Å²) in [6.45, 7) is 2.08. The highest BCUT2D eigenvalue weighted by molar-refractivity contribution is 6.03. The highest BCUT2D eigenvalue weighted by Crippen LogP contribution is 2.60. The van der Waals surface area contributed by atoms with Crippen LogP contribution in [-0.2, 0) is 6.42 Å². The van der Waals surface area contributed by atoms with Crippen molar-refractivity contribution in [1.82, 2.24) is 9.47 Å². The number of fused-ring (bicyclic) bond motifs is 13. The summed E-state index contributed by atoms with van der Waals surface area (Å²) in [5, 5.41) is 2.44. The summed E-state index contributed by atoms with van der Waals surface area (Å²) < 4.78 is 2.73. The van der Waals surface area contributed by atoms with E-state index in [4.69, 9.17) is 5.73 Å². The van der Waals surface area contributed by atoms with Crippen molar-refractivity contribution in [3.63, 3.8) is 0 Å². The average Bonchev–Trinajstić information content (AvgIpc) is 3.68. The Balaban J connectivity index is 1.36. The Kier molecular flexibility index (Phi) is 5.35. The Morgan fingerprint density at radius 2 is 1.80 bits per heavy atom. The molecule has 3 aliphatic heterocycles. The summed E-state index contributed by atoms with van der Waals surface area (Å²) in [5.74, 6) is 3.07. The zero-order valence-electron chi connectivity index (χ0n) is 24.4. The van der Waals surface area contributed by atoms with Crippen molar-refractivity contribution in [3.05, 3.63) is 76.9 Å². The van der Waals surface area contributed by atoms with Crippen LogP contribution in [0.1, 0.15) is 99.7 Å². The molecule has 0 bridgehead atoms. The van der Waals surface area contributed by atoms with Crippen molar-refractivity contribution in [3.8, 4) is 5.69 Å². The van der Waals surface area contributed by atoms with E-state index in [1.54, 1.807) is 11.5 Å². The molecule has 210 valence electrons. The molecule has 6 aliphatic rings. The van der Waals surface area contributed by atoms with Gasteiger partial charge < -0.3 is 20.1 Å². The summed E-state index contributed by atoms with van der Waals surface area (Å²) in [6, 6.07) is 13.0. The third-order valence-corrected chi connectivity index (χ3v) is 11.5. The first-order valence-corrected chi connectivity index (χ1v) is 16.4. The maximum Gasteiger partial charge on any atom is 0.106 e. The van der Waals surface area contributed by atoms with Gasteiger partial charge in [0.1, 0.15) is 5.82 Å².